The first-order chi connectivity index (χ1) is 7.57. The third kappa shape index (κ3) is 3.00. The second kappa shape index (κ2) is 5.08. The maximum atomic E-state index is 2.79. The minimum absolute atomic E-state index is 0.522. The van der Waals surface area contributed by atoms with Crippen molar-refractivity contribution in [2.45, 2.75) is 71.8 Å². The van der Waals surface area contributed by atoms with E-state index in [1.165, 1.54) is 58.0 Å². The van der Waals surface area contributed by atoms with Gasteiger partial charge >= 0.3 is 0 Å². The fourth-order valence-electron chi connectivity index (χ4n) is 3.57. The second-order valence-corrected chi connectivity index (χ2v) is 6.98. The molecule has 1 saturated heterocycles. The molecule has 0 aromatic carbocycles. The van der Waals surface area contributed by atoms with Gasteiger partial charge in [-0.3, -0.25) is 0 Å². The van der Waals surface area contributed by atoms with Gasteiger partial charge in [-0.1, -0.05) is 33.6 Å². The van der Waals surface area contributed by atoms with Crippen LogP contribution in [-0.2, 0) is 0 Å². The normalized spacial score (nSPS) is 33.9. The molecule has 2 unspecified atom stereocenters. The van der Waals surface area contributed by atoms with Crippen LogP contribution in [0.5, 0.6) is 0 Å². The molecule has 2 fully saturated rings. The van der Waals surface area contributed by atoms with Gasteiger partial charge in [0.1, 0.15) is 0 Å². The predicted octanol–water partition coefficient (Wildman–Crippen LogP) is 4.08. The van der Waals surface area contributed by atoms with E-state index in [1.54, 1.807) is 0 Å². The van der Waals surface area contributed by atoms with Crippen LogP contribution < -0.4 is 0 Å². The van der Waals surface area contributed by atoms with Gasteiger partial charge in [0.15, 0.2) is 0 Å². The number of piperidine rings is 1. The van der Waals surface area contributed by atoms with Crippen LogP contribution in [0.3, 0.4) is 0 Å². The first-order valence-corrected chi connectivity index (χ1v) is 7.31. The van der Waals surface area contributed by atoms with E-state index in [1.807, 2.05) is 0 Å². The van der Waals surface area contributed by atoms with E-state index in [0.717, 1.165) is 12.0 Å². The average molecular weight is 223 g/mol. The lowest BCUT2D eigenvalue weighted by molar-refractivity contribution is 0.0713. The number of hydrogen-bond acceptors (Lipinski definition) is 1. The third-order valence-corrected chi connectivity index (χ3v) is 4.78. The molecule has 1 aliphatic carbocycles. The summed E-state index contributed by atoms with van der Waals surface area (Å²) in [5.41, 5.74) is 0.522. The Hall–Kier alpha value is -0.0400. The Morgan fingerprint density at radius 3 is 2.19 bits per heavy atom. The van der Waals surface area contributed by atoms with E-state index in [0.29, 0.717) is 5.41 Å². The second-order valence-electron chi connectivity index (χ2n) is 6.98. The van der Waals surface area contributed by atoms with Gasteiger partial charge < -0.3 is 4.90 Å². The lowest BCUT2D eigenvalue weighted by Crippen LogP contribution is -2.43. The molecule has 16 heavy (non-hydrogen) atoms. The highest BCUT2D eigenvalue weighted by atomic mass is 15.2. The summed E-state index contributed by atoms with van der Waals surface area (Å²) >= 11 is 0. The van der Waals surface area contributed by atoms with Gasteiger partial charge in [-0.15, -0.1) is 0 Å². The van der Waals surface area contributed by atoms with Crippen LogP contribution in [0.4, 0.5) is 0 Å². The van der Waals surface area contributed by atoms with E-state index in [2.05, 4.69) is 25.7 Å². The predicted molar refractivity (Wildman–Crippen MR) is 70.6 cm³/mol. The molecule has 1 nitrogen and oxygen atoms in total. The first-order valence-electron chi connectivity index (χ1n) is 7.31. The Kier molecular flexibility index (Phi) is 3.94. The van der Waals surface area contributed by atoms with E-state index in [9.17, 15) is 0 Å². The SMILES string of the molecule is CC(C)(C)C1CCCC(N2CCCCC2)C1. The van der Waals surface area contributed by atoms with Crippen LogP contribution in [0.25, 0.3) is 0 Å². The average Bonchev–Trinajstić information content (AvgIpc) is 2.29. The zero-order valence-electron chi connectivity index (χ0n) is 11.5. The van der Waals surface area contributed by atoms with Crippen molar-refractivity contribution in [1.82, 2.24) is 4.90 Å². The molecule has 1 heterocycles. The highest BCUT2D eigenvalue weighted by molar-refractivity contribution is 4.86. The fraction of sp³-hybridized carbons (Fsp3) is 1.00. The summed E-state index contributed by atoms with van der Waals surface area (Å²) in [6.45, 7) is 10.0. The van der Waals surface area contributed by atoms with Gasteiger partial charge in [-0.05, 0) is 56.5 Å². The van der Waals surface area contributed by atoms with Crippen molar-refractivity contribution in [3.05, 3.63) is 0 Å². The number of hydrogen-bond donors (Lipinski definition) is 0. The molecule has 0 amide bonds. The fourth-order valence-corrected chi connectivity index (χ4v) is 3.57. The van der Waals surface area contributed by atoms with Crippen LogP contribution >= 0.6 is 0 Å². The van der Waals surface area contributed by atoms with Crippen LogP contribution in [0.2, 0.25) is 0 Å². The minimum atomic E-state index is 0.522. The van der Waals surface area contributed by atoms with E-state index in [4.69, 9.17) is 0 Å². The largest absolute Gasteiger partial charge is 0.300 e. The van der Waals surface area contributed by atoms with E-state index < -0.39 is 0 Å². The number of likely N-dealkylation sites (tertiary alicyclic amines) is 1. The Morgan fingerprint density at radius 2 is 1.56 bits per heavy atom. The summed E-state index contributed by atoms with van der Waals surface area (Å²) in [5, 5.41) is 0. The van der Waals surface area contributed by atoms with Crippen LogP contribution in [-0.4, -0.2) is 24.0 Å². The number of rotatable bonds is 1. The molecule has 0 aromatic rings. The summed E-state index contributed by atoms with van der Waals surface area (Å²) in [4.78, 5) is 2.79. The molecule has 0 N–H and O–H groups in total. The molecule has 0 spiro atoms. The third-order valence-electron chi connectivity index (χ3n) is 4.78. The smallest absolute Gasteiger partial charge is 0.00980 e. The highest BCUT2D eigenvalue weighted by Crippen LogP contribution is 2.39. The molecule has 1 aliphatic heterocycles. The van der Waals surface area contributed by atoms with Crippen molar-refractivity contribution in [1.29, 1.82) is 0 Å². The summed E-state index contributed by atoms with van der Waals surface area (Å²) in [5.74, 6) is 0.952. The number of nitrogens with zero attached hydrogens (tertiary/aromatic N) is 1. The van der Waals surface area contributed by atoms with Crippen molar-refractivity contribution in [3.63, 3.8) is 0 Å². The molecule has 1 heteroatoms. The van der Waals surface area contributed by atoms with Crippen molar-refractivity contribution < 1.29 is 0 Å². The van der Waals surface area contributed by atoms with E-state index >= 15 is 0 Å². The summed E-state index contributed by atoms with van der Waals surface area (Å²) < 4.78 is 0. The van der Waals surface area contributed by atoms with Gasteiger partial charge in [0.05, 0.1) is 0 Å². The van der Waals surface area contributed by atoms with Crippen molar-refractivity contribution in [3.8, 4) is 0 Å². The monoisotopic (exact) mass is 223 g/mol. The van der Waals surface area contributed by atoms with E-state index in [-0.39, 0.29) is 0 Å². The molecule has 2 rings (SSSR count). The molecular formula is C15H29N. The molecule has 2 aliphatic rings. The highest BCUT2D eigenvalue weighted by Gasteiger charge is 2.33. The molecule has 94 valence electrons. The minimum Gasteiger partial charge on any atom is -0.300 e. The molecule has 2 atom stereocenters. The van der Waals surface area contributed by atoms with Gasteiger partial charge in [-0.25, -0.2) is 0 Å². The van der Waals surface area contributed by atoms with Gasteiger partial charge in [0.25, 0.3) is 0 Å². The zero-order valence-corrected chi connectivity index (χ0v) is 11.5. The Bertz CT molecular complexity index is 210. The van der Waals surface area contributed by atoms with Crippen LogP contribution in [0.15, 0.2) is 0 Å². The maximum Gasteiger partial charge on any atom is 0.00980 e. The van der Waals surface area contributed by atoms with Crippen molar-refractivity contribution in [2.24, 2.45) is 11.3 Å². The quantitative estimate of drug-likeness (QED) is 0.647. The summed E-state index contributed by atoms with van der Waals surface area (Å²) in [7, 11) is 0. The first kappa shape index (κ1) is 12.4. The Labute approximate surface area is 102 Å². The topological polar surface area (TPSA) is 3.24 Å². The summed E-state index contributed by atoms with van der Waals surface area (Å²) in [6, 6.07) is 0.915. The molecular weight excluding hydrogens is 194 g/mol. The Morgan fingerprint density at radius 1 is 0.875 bits per heavy atom. The summed E-state index contributed by atoms with van der Waals surface area (Å²) in [6.07, 6.45) is 10.2. The molecule has 0 radical (unpaired) electrons. The zero-order chi connectivity index (χ0) is 11.6. The lowest BCUT2D eigenvalue weighted by Gasteiger charge is -2.43. The van der Waals surface area contributed by atoms with Crippen molar-refractivity contribution >= 4 is 0 Å². The Balaban J connectivity index is 1.90. The standard InChI is InChI=1S/C15H29N/c1-15(2,3)13-8-7-9-14(12-13)16-10-5-4-6-11-16/h13-14H,4-12H2,1-3H3. The van der Waals surface area contributed by atoms with Crippen LogP contribution in [0, 0.1) is 11.3 Å². The molecule has 0 aromatic heterocycles. The molecule has 0 bridgehead atoms. The lowest BCUT2D eigenvalue weighted by atomic mass is 9.70. The van der Waals surface area contributed by atoms with Crippen LogP contribution in [0.1, 0.15) is 65.7 Å². The van der Waals surface area contributed by atoms with Gasteiger partial charge in [0.2, 0.25) is 0 Å². The van der Waals surface area contributed by atoms with Gasteiger partial charge in [0, 0.05) is 6.04 Å². The molecule has 1 saturated carbocycles. The van der Waals surface area contributed by atoms with Crippen molar-refractivity contribution in [2.75, 3.05) is 13.1 Å². The maximum absolute atomic E-state index is 2.79. The van der Waals surface area contributed by atoms with Gasteiger partial charge in [-0.2, -0.15) is 0 Å².